The molecule has 0 N–H and O–H groups in total. The van der Waals surface area contributed by atoms with Crippen molar-refractivity contribution in [3.05, 3.63) is 27.7 Å². The van der Waals surface area contributed by atoms with Crippen molar-refractivity contribution in [2.45, 2.75) is 32.1 Å². The van der Waals surface area contributed by atoms with Crippen molar-refractivity contribution in [3.63, 3.8) is 0 Å². The van der Waals surface area contributed by atoms with Gasteiger partial charge in [0.25, 0.3) is 0 Å². The summed E-state index contributed by atoms with van der Waals surface area (Å²) in [6.45, 7) is 0.346. The lowest BCUT2D eigenvalue weighted by molar-refractivity contribution is 0.118. The maximum absolute atomic E-state index is 11.5. The third-order valence-corrected chi connectivity index (χ3v) is 5.96. The van der Waals surface area contributed by atoms with Crippen molar-refractivity contribution in [2.24, 2.45) is 5.41 Å². The fourth-order valence-electron chi connectivity index (χ4n) is 2.82. The first-order chi connectivity index (χ1) is 9.80. The SMILES string of the molecule is O=S(=O)(Cl)CC1(COc2ccc(Cl)cc2Br)CCCCC1. The second-order valence-electron chi connectivity index (χ2n) is 5.61. The van der Waals surface area contributed by atoms with E-state index in [0.717, 1.165) is 36.6 Å². The van der Waals surface area contributed by atoms with E-state index in [2.05, 4.69) is 15.9 Å². The Morgan fingerprint density at radius 3 is 2.48 bits per heavy atom. The van der Waals surface area contributed by atoms with Crippen molar-refractivity contribution in [1.82, 2.24) is 0 Å². The van der Waals surface area contributed by atoms with Gasteiger partial charge in [0.1, 0.15) is 5.75 Å². The molecule has 1 aliphatic carbocycles. The van der Waals surface area contributed by atoms with Gasteiger partial charge in [-0.1, -0.05) is 30.9 Å². The molecule has 3 nitrogen and oxygen atoms in total. The van der Waals surface area contributed by atoms with Crippen LogP contribution in [-0.4, -0.2) is 20.8 Å². The molecule has 0 aromatic heterocycles. The van der Waals surface area contributed by atoms with Crippen LogP contribution in [0.3, 0.4) is 0 Å². The van der Waals surface area contributed by atoms with Crippen LogP contribution in [-0.2, 0) is 9.05 Å². The molecular weight excluding hydrogens is 399 g/mol. The van der Waals surface area contributed by atoms with Crippen molar-refractivity contribution in [3.8, 4) is 5.75 Å². The van der Waals surface area contributed by atoms with Crippen LogP contribution in [0.25, 0.3) is 0 Å². The predicted octanol–water partition coefficient (Wildman–Crippen LogP) is 5.00. The lowest BCUT2D eigenvalue weighted by Gasteiger charge is -2.36. The lowest BCUT2D eigenvalue weighted by atomic mass is 9.76. The highest BCUT2D eigenvalue weighted by Crippen LogP contribution is 2.39. The Labute approximate surface area is 143 Å². The van der Waals surface area contributed by atoms with Gasteiger partial charge in [-0.15, -0.1) is 0 Å². The Morgan fingerprint density at radius 1 is 1.24 bits per heavy atom. The van der Waals surface area contributed by atoms with Gasteiger partial charge in [-0.25, -0.2) is 8.42 Å². The van der Waals surface area contributed by atoms with E-state index in [4.69, 9.17) is 27.0 Å². The molecule has 2 rings (SSSR count). The summed E-state index contributed by atoms with van der Waals surface area (Å²) in [6, 6.07) is 5.27. The number of halogens is 3. The van der Waals surface area contributed by atoms with Gasteiger partial charge in [-0.05, 0) is 47.0 Å². The minimum Gasteiger partial charge on any atom is -0.492 e. The highest BCUT2D eigenvalue weighted by Gasteiger charge is 2.37. The van der Waals surface area contributed by atoms with E-state index in [-0.39, 0.29) is 5.75 Å². The van der Waals surface area contributed by atoms with E-state index in [9.17, 15) is 8.42 Å². The first-order valence-electron chi connectivity index (χ1n) is 6.80. The summed E-state index contributed by atoms with van der Waals surface area (Å²) in [7, 11) is 1.94. The van der Waals surface area contributed by atoms with Crippen LogP contribution in [0.2, 0.25) is 5.02 Å². The molecule has 7 heteroatoms. The summed E-state index contributed by atoms with van der Waals surface area (Å²) in [4.78, 5) is 0. The van der Waals surface area contributed by atoms with Crippen LogP contribution in [0.1, 0.15) is 32.1 Å². The third-order valence-electron chi connectivity index (χ3n) is 3.82. The van der Waals surface area contributed by atoms with Crippen LogP contribution in [0.15, 0.2) is 22.7 Å². The van der Waals surface area contributed by atoms with Crippen LogP contribution >= 0.6 is 38.2 Å². The molecule has 118 valence electrons. The van der Waals surface area contributed by atoms with E-state index in [1.54, 1.807) is 18.2 Å². The molecule has 1 aliphatic rings. The molecule has 0 saturated heterocycles. The Bertz CT molecular complexity index is 598. The molecule has 0 heterocycles. The molecule has 0 radical (unpaired) electrons. The molecule has 1 aromatic carbocycles. The van der Waals surface area contributed by atoms with E-state index < -0.39 is 14.5 Å². The molecule has 0 spiro atoms. The van der Waals surface area contributed by atoms with Gasteiger partial charge in [0.05, 0.1) is 16.8 Å². The molecular formula is C14H17BrCl2O3S. The number of hydrogen-bond acceptors (Lipinski definition) is 3. The normalized spacial score (nSPS) is 18.4. The smallest absolute Gasteiger partial charge is 0.233 e. The maximum Gasteiger partial charge on any atom is 0.233 e. The molecule has 0 atom stereocenters. The molecule has 0 bridgehead atoms. The first kappa shape index (κ1) is 17.4. The number of rotatable bonds is 5. The molecule has 0 aliphatic heterocycles. The molecule has 21 heavy (non-hydrogen) atoms. The summed E-state index contributed by atoms with van der Waals surface area (Å²) in [5, 5.41) is 0.616. The Hall–Kier alpha value is 0.0300. The highest BCUT2D eigenvalue weighted by molar-refractivity contribution is 9.10. The van der Waals surface area contributed by atoms with Crippen LogP contribution in [0.4, 0.5) is 0 Å². The van der Waals surface area contributed by atoms with Gasteiger partial charge in [-0.2, -0.15) is 0 Å². The van der Waals surface area contributed by atoms with Crippen molar-refractivity contribution >= 4 is 47.3 Å². The van der Waals surface area contributed by atoms with Gasteiger partial charge in [0, 0.05) is 21.1 Å². The quantitative estimate of drug-likeness (QED) is 0.635. The highest BCUT2D eigenvalue weighted by atomic mass is 79.9. The van der Waals surface area contributed by atoms with Crippen molar-refractivity contribution in [2.75, 3.05) is 12.4 Å². The zero-order valence-corrected chi connectivity index (χ0v) is 15.4. The van der Waals surface area contributed by atoms with Crippen molar-refractivity contribution in [1.29, 1.82) is 0 Å². The van der Waals surface area contributed by atoms with E-state index >= 15 is 0 Å². The zero-order chi connectivity index (χ0) is 15.5. The summed E-state index contributed by atoms with van der Waals surface area (Å²) < 4.78 is 29.6. The predicted molar refractivity (Wildman–Crippen MR) is 89.8 cm³/mol. The second kappa shape index (κ2) is 7.07. The fourth-order valence-corrected chi connectivity index (χ4v) is 5.42. The molecule has 1 fully saturated rings. The second-order valence-corrected chi connectivity index (χ2v) is 9.67. The van der Waals surface area contributed by atoms with Crippen LogP contribution in [0, 0.1) is 5.41 Å². The van der Waals surface area contributed by atoms with Crippen LogP contribution in [0.5, 0.6) is 5.75 Å². The van der Waals surface area contributed by atoms with Gasteiger partial charge < -0.3 is 4.74 Å². The zero-order valence-electron chi connectivity index (χ0n) is 11.4. The monoisotopic (exact) mass is 414 g/mol. The molecule has 1 aromatic rings. The lowest BCUT2D eigenvalue weighted by Crippen LogP contribution is -2.36. The van der Waals surface area contributed by atoms with Crippen LogP contribution < -0.4 is 4.74 Å². The number of benzene rings is 1. The topological polar surface area (TPSA) is 43.4 Å². The largest absolute Gasteiger partial charge is 0.492 e. The van der Waals surface area contributed by atoms with Gasteiger partial charge in [-0.3, -0.25) is 0 Å². The van der Waals surface area contributed by atoms with Crippen molar-refractivity contribution < 1.29 is 13.2 Å². The molecule has 0 unspecified atom stereocenters. The standard InChI is InChI=1S/C14H17BrCl2O3S/c15-12-8-11(16)4-5-13(12)20-9-14(10-21(17,18)19)6-2-1-3-7-14/h4-5,8H,1-3,6-7,9-10H2. The fraction of sp³-hybridized carbons (Fsp3) is 0.571. The van der Waals surface area contributed by atoms with E-state index in [1.165, 1.54) is 0 Å². The van der Waals surface area contributed by atoms with Gasteiger partial charge in [0.15, 0.2) is 0 Å². The number of ether oxygens (including phenoxy) is 1. The molecule has 0 amide bonds. The third kappa shape index (κ3) is 5.31. The minimum absolute atomic E-state index is 0.0350. The maximum atomic E-state index is 11.5. The van der Waals surface area contributed by atoms with E-state index in [0.29, 0.717) is 17.4 Å². The number of hydrogen-bond donors (Lipinski definition) is 0. The van der Waals surface area contributed by atoms with Gasteiger partial charge in [0.2, 0.25) is 9.05 Å². The summed E-state index contributed by atoms with van der Waals surface area (Å²) in [6.07, 6.45) is 4.80. The average molecular weight is 416 g/mol. The molecule has 1 saturated carbocycles. The minimum atomic E-state index is -3.54. The summed E-state index contributed by atoms with van der Waals surface area (Å²) >= 11 is 9.30. The Balaban J connectivity index is 2.12. The Kier molecular flexibility index (Phi) is 5.85. The van der Waals surface area contributed by atoms with E-state index in [1.807, 2.05) is 0 Å². The average Bonchev–Trinajstić information content (AvgIpc) is 2.37. The summed E-state index contributed by atoms with van der Waals surface area (Å²) in [5.74, 6) is 0.628. The first-order valence-corrected chi connectivity index (χ1v) is 10.4. The summed E-state index contributed by atoms with van der Waals surface area (Å²) in [5.41, 5.74) is -0.391. The Morgan fingerprint density at radius 2 is 1.90 bits per heavy atom. The van der Waals surface area contributed by atoms with Gasteiger partial charge >= 0.3 is 0 Å².